The van der Waals surface area contributed by atoms with E-state index in [2.05, 4.69) is 0 Å². The summed E-state index contributed by atoms with van der Waals surface area (Å²) in [5.41, 5.74) is 7.16. The standard InChI is InChI=1S/C15H13Cl2NO2S/c1-19-13-7-10(15(18)21)6-12(17)14(13)20-8-9-3-2-4-11(16)5-9/h2-7H,8H2,1H3,(H2,18,21). The molecule has 0 radical (unpaired) electrons. The molecule has 2 N–H and O–H groups in total. The Morgan fingerprint density at radius 1 is 1.24 bits per heavy atom. The molecular weight excluding hydrogens is 329 g/mol. The lowest BCUT2D eigenvalue weighted by Crippen LogP contribution is -2.10. The van der Waals surface area contributed by atoms with Crippen LogP contribution in [-0.4, -0.2) is 12.1 Å². The zero-order valence-electron chi connectivity index (χ0n) is 11.2. The Morgan fingerprint density at radius 3 is 2.62 bits per heavy atom. The monoisotopic (exact) mass is 341 g/mol. The Kier molecular flexibility index (Phi) is 5.28. The van der Waals surface area contributed by atoms with Crippen LogP contribution in [0.5, 0.6) is 11.5 Å². The van der Waals surface area contributed by atoms with Crippen molar-refractivity contribution in [2.24, 2.45) is 5.73 Å². The third-order valence-electron chi connectivity index (χ3n) is 2.79. The highest BCUT2D eigenvalue weighted by Crippen LogP contribution is 2.37. The summed E-state index contributed by atoms with van der Waals surface area (Å²) < 4.78 is 11.0. The van der Waals surface area contributed by atoms with E-state index in [0.717, 1.165) is 5.56 Å². The minimum atomic E-state index is 0.247. The topological polar surface area (TPSA) is 44.5 Å². The van der Waals surface area contributed by atoms with Crippen molar-refractivity contribution in [2.45, 2.75) is 6.61 Å². The first-order chi connectivity index (χ1) is 10.0. The second-order valence-corrected chi connectivity index (χ2v) is 5.56. The maximum absolute atomic E-state index is 6.21. The van der Waals surface area contributed by atoms with Crippen LogP contribution in [0.3, 0.4) is 0 Å². The lowest BCUT2D eigenvalue weighted by Gasteiger charge is -2.14. The van der Waals surface area contributed by atoms with Crippen LogP contribution in [0.1, 0.15) is 11.1 Å². The molecule has 0 aliphatic rings. The van der Waals surface area contributed by atoms with E-state index in [0.29, 0.717) is 33.7 Å². The highest BCUT2D eigenvalue weighted by Gasteiger charge is 2.13. The lowest BCUT2D eigenvalue weighted by atomic mass is 10.2. The normalized spacial score (nSPS) is 10.2. The minimum Gasteiger partial charge on any atom is -0.493 e. The van der Waals surface area contributed by atoms with Crippen molar-refractivity contribution in [2.75, 3.05) is 7.11 Å². The summed E-state index contributed by atoms with van der Waals surface area (Å²) in [4.78, 5) is 0.247. The molecule has 0 fully saturated rings. The second-order valence-electron chi connectivity index (χ2n) is 4.27. The largest absolute Gasteiger partial charge is 0.493 e. The van der Waals surface area contributed by atoms with Crippen molar-refractivity contribution in [3.63, 3.8) is 0 Å². The van der Waals surface area contributed by atoms with E-state index >= 15 is 0 Å². The molecular formula is C15H13Cl2NO2S. The van der Waals surface area contributed by atoms with Crippen molar-refractivity contribution >= 4 is 40.4 Å². The number of thiocarbonyl (C=S) groups is 1. The highest BCUT2D eigenvalue weighted by molar-refractivity contribution is 7.80. The Bertz CT molecular complexity index is 677. The number of nitrogens with two attached hydrogens (primary N) is 1. The molecule has 0 bridgehead atoms. The van der Waals surface area contributed by atoms with Gasteiger partial charge in [-0.25, -0.2) is 0 Å². The Hall–Kier alpha value is -1.49. The van der Waals surface area contributed by atoms with E-state index in [1.54, 1.807) is 18.2 Å². The molecule has 6 heteroatoms. The minimum absolute atomic E-state index is 0.247. The molecule has 0 atom stereocenters. The van der Waals surface area contributed by atoms with Crippen LogP contribution in [-0.2, 0) is 6.61 Å². The third kappa shape index (κ3) is 4.00. The van der Waals surface area contributed by atoms with Gasteiger partial charge in [-0.15, -0.1) is 0 Å². The molecule has 0 saturated carbocycles. The molecule has 0 aromatic heterocycles. The van der Waals surface area contributed by atoms with Gasteiger partial charge in [-0.1, -0.05) is 47.6 Å². The molecule has 3 nitrogen and oxygen atoms in total. The summed E-state index contributed by atoms with van der Waals surface area (Å²) >= 11 is 17.1. The molecule has 0 amide bonds. The molecule has 2 aromatic carbocycles. The number of hydrogen-bond acceptors (Lipinski definition) is 3. The molecule has 2 aromatic rings. The van der Waals surface area contributed by atoms with Gasteiger partial charge in [0, 0.05) is 10.6 Å². The SMILES string of the molecule is COc1cc(C(N)=S)cc(Cl)c1OCc1cccc(Cl)c1. The number of rotatable bonds is 5. The summed E-state index contributed by atoms with van der Waals surface area (Å²) in [5.74, 6) is 0.923. The molecule has 0 spiro atoms. The van der Waals surface area contributed by atoms with Crippen LogP contribution in [0.15, 0.2) is 36.4 Å². The Morgan fingerprint density at radius 2 is 2.00 bits per heavy atom. The maximum Gasteiger partial charge on any atom is 0.180 e. The van der Waals surface area contributed by atoms with Gasteiger partial charge in [0.25, 0.3) is 0 Å². The van der Waals surface area contributed by atoms with E-state index in [4.69, 9.17) is 50.6 Å². The lowest BCUT2D eigenvalue weighted by molar-refractivity contribution is 0.284. The van der Waals surface area contributed by atoms with Gasteiger partial charge >= 0.3 is 0 Å². The van der Waals surface area contributed by atoms with Gasteiger partial charge in [0.1, 0.15) is 11.6 Å². The van der Waals surface area contributed by atoms with Gasteiger partial charge in [-0.05, 0) is 29.8 Å². The van der Waals surface area contributed by atoms with Crippen LogP contribution in [0, 0.1) is 0 Å². The predicted octanol–water partition coefficient (Wildman–Crippen LogP) is 4.22. The van der Waals surface area contributed by atoms with E-state index in [1.807, 2.05) is 18.2 Å². The second kappa shape index (κ2) is 6.98. The van der Waals surface area contributed by atoms with Crippen LogP contribution >= 0.6 is 35.4 Å². The van der Waals surface area contributed by atoms with Crippen LogP contribution in [0.2, 0.25) is 10.0 Å². The maximum atomic E-state index is 6.21. The fraction of sp³-hybridized carbons (Fsp3) is 0.133. The van der Waals surface area contributed by atoms with Crippen molar-refractivity contribution in [3.8, 4) is 11.5 Å². The number of halogens is 2. The fourth-order valence-corrected chi connectivity index (χ4v) is 2.38. The quantitative estimate of drug-likeness (QED) is 0.827. The van der Waals surface area contributed by atoms with Crippen LogP contribution in [0.25, 0.3) is 0 Å². The Labute approximate surface area is 138 Å². The van der Waals surface area contributed by atoms with Gasteiger partial charge in [0.05, 0.1) is 12.1 Å². The summed E-state index contributed by atoms with van der Waals surface area (Å²) in [5, 5.41) is 1.04. The smallest absolute Gasteiger partial charge is 0.180 e. The van der Waals surface area contributed by atoms with Crippen molar-refractivity contribution in [3.05, 3.63) is 57.6 Å². The van der Waals surface area contributed by atoms with E-state index < -0.39 is 0 Å². The number of benzene rings is 2. The van der Waals surface area contributed by atoms with Gasteiger partial charge < -0.3 is 15.2 Å². The van der Waals surface area contributed by atoms with Gasteiger partial charge in [-0.3, -0.25) is 0 Å². The summed E-state index contributed by atoms with van der Waals surface area (Å²) in [6.07, 6.45) is 0. The fourth-order valence-electron chi connectivity index (χ4n) is 1.78. The van der Waals surface area contributed by atoms with Crippen molar-refractivity contribution in [1.29, 1.82) is 0 Å². The van der Waals surface area contributed by atoms with Crippen LogP contribution < -0.4 is 15.2 Å². The molecule has 0 saturated heterocycles. The predicted molar refractivity (Wildman–Crippen MR) is 89.7 cm³/mol. The zero-order valence-corrected chi connectivity index (χ0v) is 13.6. The third-order valence-corrected chi connectivity index (χ3v) is 3.54. The molecule has 21 heavy (non-hydrogen) atoms. The van der Waals surface area contributed by atoms with Gasteiger partial charge in [-0.2, -0.15) is 0 Å². The van der Waals surface area contributed by atoms with Crippen molar-refractivity contribution in [1.82, 2.24) is 0 Å². The summed E-state index contributed by atoms with van der Waals surface area (Å²) in [6.45, 7) is 0.322. The first-order valence-electron chi connectivity index (χ1n) is 6.06. The number of methoxy groups -OCH3 is 1. The first-order valence-corrected chi connectivity index (χ1v) is 7.22. The number of hydrogen-bond donors (Lipinski definition) is 1. The number of ether oxygens (including phenoxy) is 2. The summed E-state index contributed by atoms with van der Waals surface area (Å²) in [6, 6.07) is 10.7. The van der Waals surface area contributed by atoms with Crippen molar-refractivity contribution < 1.29 is 9.47 Å². The van der Waals surface area contributed by atoms with Gasteiger partial charge in [0.15, 0.2) is 11.5 Å². The average molecular weight is 342 g/mol. The van der Waals surface area contributed by atoms with Gasteiger partial charge in [0.2, 0.25) is 0 Å². The molecule has 0 aliphatic carbocycles. The highest BCUT2D eigenvalue weighted by atomic mass is 35.5. The van der Waals surface area contributed by atoms with Crippen LogP contribution in [0.4, 0.5) is 0 Å². The molecule has 0 heterocycles. The van der Waals surface area contributed by atoms with E-state index in [9.17, 15) is 0 Å². The van der Waals surface area contributed by atoms with E-state index in [1.165, 1.54) is 7.11 Å². The molecule has 0 aliphatic heterocycles. The Balaban J connectivity index is 2.25. The molecule has 110 valence electrons. The van der Waals surface area contributed by atoms with E-state index in [-0.39, 0.29) is 4.99 Å². The summed E-state index contributed by atoms with van der Waals surface area (Å²) in [7, 11) is 1.53. The first kappa shape index (κ1) is 15.9. The zero-order chi connectivity index (χ0) is 15.4. The molecule has 2 rings (SSSR count). The average Bonchev–Trinajstić information content (AvgIpc) is 2.45. The molecule has 0 unspecified atom stereocenters.